The minimum absolute atomic E-state index is 0.0600. The van der Waals surface area contributed by atoms with Crippen LogP contribution >= 0.6 is 11.8 Å². The first-order valence-corrected chi connectivity index (χ1v) is 7.68. The summed E-state index contributed by atoms with van der Waals surface area (Å²) in [5, 5.41) is 3.66. The summed E-state index contributed by atoms with van der Waals surface area (Å²) in [5.74, 6) is 1.29. The van der Waals surface area contributed by atoms with Crippen molar-refractivity contribution in [1.82, 2.24) is 10.1 Å². The average Bonchev–Trinajstić information content (AvgIpc) is 2.86. The number of aromatic nitrogens is 2. The zero-order valence-corrected chi connectivity index (χ0v) is 13.2. The predicted octanol–water partition coefficient (Wildman–Crippen LogP) is 3.22. The van der Waals surface area contributed by atoms with Crippen molar-refractivity contribution in [2.75, 3.05) is 5.75 Å². The molecule has 0 amide bonds. The number of hydrogen-bond acceptors (Lipinski definition) is 6. The number of ether oxygens (including phenoxy) is 1. The lowest BCUT2D eigenvalue weighted by Crippen LogP contribution is -2.06. The molecule has 6 heteroatoms. The Labute approximate surface area is 128 Å². The maximum atomic E-state index is 11.6. The molecule has 2 aromatic rings. The van der Waals surface area contributed by atoms with Crippen molar-refractivity contribution in [3.63, 3.8) is 0 Å². The molecular weight excluding hydrogens is 288 g/mol. The molecule has 1 heterocycles. The molecule has 21 heavy (non-hydrogen) atoms. The maximum absolute atomic E-state index is 11.6. The van der Waals surface area contributed by atoms with Crippen molar-refractivity contribution in [2.45, 2.75) is 38.7 Å². The Kier molecular flexibility index (Phi) is 5.38. The third kappa shape index (κ3) is 4.90. The zero-order chi connectivity index (χ0) is 15.2. The van der Waals surface area contributed by atoms with Gasteiger partial charge in [0.1, 0.15) is 0 Å². The van der Waals surface area contributed by atoms with Crippen LogP contribution < -0.4 is 0 Å². The van der Waals surface area contributed by atoms with Crippen LogP contribution in [0.1, 0.15) is 29.3 Å². The van der Waals surface area contributed by atoms with Gasteiger partial charge in [0.2, 0.25) is 11.7 Å². The molecule has 0 bridgehead atoms. The van der Waals surface area contributed by atoms with Gasteiger partial charge in [-0.05, 0) is 37.1 Å². The molecule has 0 spiro atoms. The lowest BCUT2D eigenvalue weighted by molar-refractivity contribution is -0.144. The first kappa shape index (κ1) is 15.6. The Morgan fingerprint density at radius 1 is 1.29 bits per heavy atom. The van der Waals surface area contributed by atoms with Crippen LogP contribution in [0.2, 0.25) is 0 Å². The second-order valence-corrected chi connectivity index (χ2v) is 5.90. The fourth-order valence-electron chi connectivity index (χ4n) is 1.67. The summed E-state index contributed by atoms with van der Waals surface area (Å²) in [4.78, 5) is 16.7. The van der Waals surface area contributed by atoms with Crippen LogP contribution in [-0.4, -0.2) is 21.9 Å². The van der Waals surface area contributed by atoms with Gasteiger partial charge < -0.3 is 9.26 Å². The molecule has 0 saturated heterocycles. The number of aryl methyl sites for hydroxylation is 3. The number of benzene rings is 1. The van der Waals surface area contributed by atoms with Gasteiger partial charge >= 0.3 is 5.97 Å². The molecule has 0 radical (unpaired) electrons. The second-order valence-electron chi connectivity index (χ2n) is 4.73. The Hall–Kier alpha value is -1.82. The van der Waals surface area contributed by atoms with E-state index in [0.29, 0.717) is 23.9 Å². The van der Waals surface area contributed by atoms with E-state index in [1.54, 1.807) is 18.7 Å². The number of esters is 1. The highest BCUT2D eigenvalue weighted by atomic mass is 32.2. The smallest absolute Gasteiger partial charge is 0.307 e. The summed E-state index contributed by atoms with van der Waals surface area (Å²) < 4.78 is 9.88. The quantitative estimate of drug-likeness (QED) is 0.603. The van der Waals surface area contributed by atoms with Crippen molar-refractivity contribution in [3.05, 3.63) is 41.0 Å². The topological polar surface area (TPSA) is 65.2 Å². The Bertz CT molecular complexity index is 625. The van der Waals surface area contributed by atoms with Gasteiger partial charge in [0.15, 0.2) is 6.61 Å². The van der Waals surface area contributed by atoms with Crippen molar-refractivity contribution in [2.24, 2.45) is 0 Å². The number of rotatable bonds is 6. The summed E-state index contributed by atoms with van der Waals surface area (Å²) in [5.41, 5.74) is 2.53. The van der Waals surface area contributed by atoms with E-state index in [2.05, 4.69) is 42.2 Å². The molecule has 1 aromatic carbocycles. The van der Waals surface area contributed by atoms with Crippen LogP contribution in [0, 0.1) is 20.8 Å². The zero-order valence-electron chi connectivity index (χ0n) is 12.4. The van der Waals surface area contributed by atoms with E-state index in [9.17, 15) is 4.79 Å². The molecule has 1 aromatic heterocycles. The van der Waals surface area contributed by atoms with E-state index in [-0.39, 0.29) is 12.6 Å². The van der Waals surface area contributed by atoms with Gasteiger partial charge in [0, 0.05) is 17.6 Å². The molecule has 2 rings (SSSR count). The molecule has 112 valence electrons. The lowest BCUT2D eigenvalue weighted by Gasteiger charge is -2.05. The third-order valence-electron chi connectivity index (χ3n) is 2.99. The monoisotopic (exact) mass is 306 g/mol. The van der Waals surface area contributed by atoms with E-state index < -0.39 is 0 Å². The van der Waals surface area contributed by atoms with Gasteiger partial charge in [-0.15, -0.1) is 11.8 Å². The second kappa shape index (κ2) is 7.26. The summed E-state index contributed by atoms with van der Waals surface area (Å²) in [6.07, 6.45) is 0.356. The van der Waals surface area contributed by atoms with Gasteiger partial charge in [-0.1, -0.05) is 11.2 Å². The predicted molar refractivity (Wildman–Crippen MR) is 80.1 cm³/mol. The standard InChI is InChI=1S/C15H18N2O3S/c1-10-4-5-13(8-11(10)2)21-7-6-15(18)19-9-14-16-12(3)20-17-14/h4-5,8H,6-7,9H2,1-3H3. The van der Waals surface area contributed by atoms with Gasteiger partial charge in [0.25, 0.3) is 0 Å². The van der Waals surface area contributed by atoms with Gasteiger partial charge in [0.05, 0.1) is 6.42 Å². The molecule has 0 saturated carbocycles. The Balaban J connectivity index is 1.70. The highest BCUT2D eigenvalue weighted by Gasteiger charge is 2.08. The van der Waals surface area contributed by atoms with Crippen molar-refractivity contribution < 1.29 is 14.1 Å². The van der Waals surface area contributed by atoms with Crippen LogP contribution in [0.25, 0.3) is 0 Å². The van der Waals surface area contributed by atoms with E-state index in [1.807, 2.05) is 0 Å². The number of carbonyl (C=O) groups excluding carboxylic acids is 1. The molecule has 0 aliphatic rings. The molecule has 0 aliphatic heterocycles. The first-order chi connectivity index (χ1) is 10.0. The summed E-state index contributed by atoms with van der Waals surface area (Å²) in [6.45, 7) is 5.92. The number of carbonyl (C=O) groups is 1. The minimum atomic E-state index is -0.256. The fourth-order valence-corrected chi connectivity index (χ4v) is 2.60. The highest BCUT2D eigenvalue weighted by molar-refractivity contribution is 7.99. The normalized spacial score (nSPS) is 10.6. The largest absolute Gasteiger partial charge is 0.457 e. The summed E-state index contributed by atoms with van der Waals surface area (Å²) in [6, 6.07) is 6.29. The van der Waals surface area contributed by atoms with Gasteiger partial charge in [-0.3, -0.25) is 4.79 Å². The van der Waals surface area contributed by atoms with E-state index in [4.69, 9.17) is 9.26 Å². The van der Waals surface area contributed by atoms with Crippen LogP contribution in [-0.2, 0) is 16.1 Å². The van der Waals surface area contributed by atoms with Crippen LogP contribution in [0.5, 0.6) is 0 Å². The van der Waals surface area contributed by atoms with E-state index >= 15 is 0 Å². The molecule has 0 atom stereocenters. The van der Waals surface area contributed by atoms with Crippen LogP contribution in [0.3, 0.4) is 0 Å². The van der Waals surface area contributed by atoms with Gasteiger partial charge in [-0.2, -0.15) is 4.98 Å². The molecule has 0 aliphatic carbocycles. The lowest BCUT2D eigenvalue weighted by atomic mass is 10.1. The van der Waals surface area contributed by atoms with Gasteiger partial charge in [-0.25, -0.2) is 0 Å². The van der Waals surface area contributed by atoms with E-state index in [1.165, 1.54) is 16.0 Å². The minimum Gasteiger partial charge on any atom is -0.457 e. The molecule has 5 nitrogen and oxygen atoms in total. The number of nitrogens with zero attached hydrogens (tertiary/aromatic N) is 2. The Morgan fingerprint density at radius 2 is 2.10 bits per heavy atom. The van der Waals surface area contributed by atoms with Crippen molar-refractivity contribution in [3.8, 4) is 0 Å². The third-order valence-corrected chi connectivity index (χ3v) is 3.98. The summed E-state index contributed by atoms with van der Waals surface area (Å²) >= 11 is 1.65. The highest BCUT2D eigenvalue weighted by Crippen LogP contribution is 2.21. The van der Waals surface area contributed by atoms with Crippen LogP contribution in [0.15, 0.2) is 27.6 Å². The average molecular weight is 306 g/mol. The fraction of sp³-hybridized carbons (Fsp3) is 0.400. The first-order valence-electron chi connectivity index (χ1n) is 6.69. The molecule has 0 N–H and O–H groups in total. The molecular formula is C15H18N2O3S. The van der Waals surface area contributed by atoms with Crippen molar-refractivity contribution in [1.29, 1.82) is 0 Å². The number of thioether (sulfide) groups is 1. The maximum Gasteiger partial charge on any atom is 0.307 e. The van der Waals surface area contributed by atoms with Crippen LogP contribution in [0.4, 0.5) is 0 Å². The summed E-state index contributed by atoms with van der Waals surface area (Å²) in [7, 11) is 0. The molecule has 0 fully saturated rings. The van der Waals surface area contributed by atoms with E-state index in [0.717, 1.165) is 0 Å². The molecule has 0 unspecified atom stereocenters. The number of hydrogen-bond donors (Lipinski definition) is 0. The van der Waals surface area contributed by atoms with Crippen molar-refractivity contribution >= 4 is 17.7 Å². The SMILES string of the molecule is Cc1nc(COC(=O)CCSc2ccc(C)c(C)c2)no1. The Morgan fingerprint density at radius 3 is 2.76 bits per heavy atom.